The van der Waals surface area contributed by atoms with Gasteiger partial charge in [0, 0.05) is 10.7 Å². The molecule has 0 radical (unpaired) electrons. The van der Waals surface area contributed by atoms with E-state index in [-0.39, 0.29) is 6.42 Å². The van der Waals surface area contributed by atoms with Crippen molar-refractivity contribution in [1.82, 2.24) is 9.38 Å². The summed E-state index contributed by atoms with van der Waals surface area (Å²) >= 11 is 3.33. The summed E-state index contributed by atoms with van der Waals surface area (Å²) in [6.45, 7) is 0. The molecule has 0 saturated carbocycles. The number of fused-ring (bicyclic) bond motifs is 1. The molecule has 0 spiro atoms. The number of carboxylic acids is 1. The summed E-state index contributed by atoms with van der Waals surface area (Å²) in [6.07, 6.45) is 3.39. The molecule has 2 heterocycles. The van der Waals surface area contributed by atoms with Crippen LogP contribution in [-0.2, 0) is 11.2 Å². The van der Waals surface area contributed by atoms with Crippen molar-refractivity contribution in [3.05, 3.63) is 34.8 Å². The molecule has 0 amide bonds. The van der Waals surface area contributed by atoms with Crippen LogP contribution in [0.3, 0.4) is 0 Å². The Morgan fingerprint density at radius 1 is 1.64 bits per heavy atom. The fourth-order valence-electron chi connectivity index (χ4n) is 1.30. The fraction of sp³-hybridized carbons (Fsp3) is 0.111. The molecule has 0 aliphatic heterocycles. The lowest BCUT2D eigenvalue weighted by atomic mass is 10.2. The molecule has 2 rings (SSSR count). The Labute approximate surface area is 88.3 Å². The van der Waals surface area contributed by atoms with E-state index < -0.39 is 5.97 Å². The molecule has 0 fully saturated rings. The third kappa shape index (κ3) is 1.63. The van der Waals surface area contributed by atoms with Crippen LogP contribution in [0.4, 0.5) is 0 Å². The van der Waals surface area contributed by atoms with Crippen LogP contribution >= 0.6 is 15.9 Å². The highest BCUT2D eigenvalue weighted by atomic mass is 79.9. The first-order chi connectivity index (χ1) is 6.66. The number of rotatable bonds is 2. The van der Waals surface area contributed by atoms with Crippen molar-refractivity contribution in [2.75, 3.05) is 0 Å². The average molecular weight is 255 g/mol. The second-order valence-corrected chi connectivity index (χ2v) is 3.81. The Kier molecular flexibility index (Phi) is 2.25. The smallest absolute Gasteiger partial charge is 0.309 e. The number of hydrogen-bond donors (Lipinski definition) is 1. The number of carboxylic acid groups (broad SMARTS) is 1. The van der Waals surface area contributed by atoms with Crippen molar-refractivity contribution >= 4 is 27.4 Å². The van der Waals surface area contributed by atoms with Gasteiger partial charge >= 0.3 is 5.97 Å². The lowest BCUT2D eigenvalue weighted by Crippen LogP contribution is -2.00. The first kappa shape index (κ1) is 9.21. The number of halogens is 1. The molecule has 0 saturated heterocycles. The van der Waals surface area contributed by atoms with E-state index in [0.717, 1.165) is 9.99 Å². The zero-order valence-corrected chi connectivity index (χ0v) is 8.73. The van der Waals surface area contributed by atoms with Crippen LogP contribution in [0.15, 0.2) is 29.1 Å². The molecule has 0 aromatic carbocycles. The SMILES string of the molecule is O=C(O)Cc1ncn2ccc(Br)cc12. The number of imidazole rings is 1. The molecule has 1 N–H and O–H groups in total. The van der Waals surface area contributed by atoms with Gasteiger partial charge in [-0.3, -0.25) is 4.79 Å². The number of nitrogens with zero attached hydrogens (tertiary/aromatic N) is 2. The van der Waals surface area contributed by atoms with E-state index in [9.17, 15) is 4.79 Å². The summed E-state index contributed by atoms with van der Waals surface area (Å²) in [6, 6.07) is 3.73. The van der Waals surface area contributed by atoms with Gasteiger partial charge in [0.25, 0.3) is 0 Å². The van der Waals surface area contributed by atoms with Gasteiger partial charge in [-0.1, -0.05) is 15.9 Å². The summed E-state index contributed by atoms with van der Waals surface area (Å²) < 4.78 is 2.71. The summed E-state index contributed by atoms with van der Waals surface area (Å²) in [7, 11) is 0. The van der Waals surface area contributed by atoms with Crippen LogP contribution in [0.1, 0.15) is 5.69 Å². The average Bonchev–Trinajstić information content (AvgIpc) is 2.47. The van der Waals surface area contributed by atoms with Crippen molar-refractivity contribution in [3.8, 4) is 0 Å². The first-order valence-electron chi connectivity index (χ1n) is 3.99. The van der Waals surface area contributed by atoms with Gasteiger partial charge in [-0.15, -0.1) is 0 Å². The predicted molar refractivity (Wildman–Crippen MR) is 54.2 cm³/mol. The van der Waals surface area contributed by atoms with E-state index in [2.05, 4.69) is 20.9 Å². The van der Waals surface area contributed by atoms with Crippen LogP contribution in [0.2, 0.25) is 0 Å². The Morgan fingerprint density at radius 2 is 2.43 bits per heavy atom. The van der Waals surface area contributed by atoms with Gasteiger partial charge in [0.1, 0.15) is 0 Å². The zero-order chi connectivity index (χ0) is 10.1. The molecule has 14 heavy (non-hydrogen) atoms. The van der Waals surface area contributed by atoms with E-state index in [4.69, 9.17) is 5.11 Å². The summed E-state index contributed by atoms with van der Waals surface area (Å²) in [5.74, 6) is -0.870. The lowest BCUT2D eigenvalue weighted by Gasteiger charge is -1.96. The third-order valence-corrected chi connectivity index (χ3v) is 2.39. The minimum absolute atomic E-state index is 0.0487. The highest BCUT2D eigenvalue weighted by Crippen LogP contribution is 2.16. The van der Waals surface area contributed by atoms with Crippen LogP contribution in [0.25, 0.3) is 5.52 Å². The molecular formula is C9H7BrN2O2. The molecule has 2 aromatic rings. The molecular weight excluding hydrogens is 248 g/mol. The maximum Gasteiger partial charge on any atom is 0.309 e. The first-order valence-corrected chi connectivity index (χ1v) is 4.79. The number of aromatic nitrogens is 2. The van der Waals surface area contributed by atoms with E-state index in [1.165, 1.54) is 0 Å². The monoisotopic (exact) mass is 254 g/mol. The van der Waals surface area contributed by atoms with Gasteiger partial charge in [0.15, 0.2) is 0 Å². The van der Waals surface area contributed by atoms with Crippen molar-refractivity contribution in [2.45, 2.75) is 6.42 Å². The highest BCUT2D eigenvalue weighted by molar-refractivity contribution is 9.10. The van der Waals surface area contributed by atoms with Crippen molar-refractivity contribution in [1.29, 1.82) is 0 Å². The number of pyridine rings is 1. The molecule has 72 valence electrons. The van der Waals surface area contributed by atoms with Gasteiger partial charge in [-0.2, -0.15) is 0 Å². The molecule has 0 aliphatic carbocycles. The van der Waals surface area contributed by atoms with E-state index in [1.54, 1.807) is 10.7 Å². The van der Waals surface area contributed by atoms with Crippen molar-refractivity contribution in [2.24, 2.45) is 0 Å². The molecule has 0 unspecified atom stereocenters. The molecule has 0 aliphatic rings. The predicted octanol–water partition coefficient (Wildman–Crippen LogP) is 1.72. The Morgan fingerprint density at radius 3 is 3.14 bits per heavy atom. The standard InChI is InChI=1S/C9H7BrN2O2/c10-6-1-2-12-5-11-7(4-9(13)14)8(12)3-6/h1-3,5H,4H2,(H,13,14). The number of aliphatic carboxylic acids is 1. The maximum atomic E-state index is 10.5. The van der Waals surface area contributed by atoms with Gasteiger partial charge in [0.05, 0.1) is 24.0 Å². The summed E-state index contributed by atoms with van der Waals surface area (Å²) in [5, 5.41) is 8.65. The van der Waals surface area contributed by atoms with Crippen LogP contribution in [0, 0.1) is 0 Å². The topological polar surface area (TPSA) is 54.6 Å². The van der Waals surface area contributed by atoms with Crippen LogP contribution in [0.5, 0.6) is 0 Å². The number of hydrogen-bond acceptors (Lipinski definition) is 2. The molecule has 5 heteroatoms. The van der Waals surface area contributed by atoms with Gasteiger partial charge in [0.2, 0.25) is 0 Å². The fourth-order valence-corrected chi connectivity index (χ4v) is 1.63. The van der Waals surface area contributed by atoms with Gasteiger partial charge < -0.3 is 9.51 Å². The Bertz CT molecular complexity index is 493. The highest BCUT2D eigenvalue weighted by Gasteiger charge is 2.08. The number of carbonyl (C=O) groups is 1. The normalized spacial score (nSPS) is 10.6. The summed E-state index contributed by atoms with van der Waals surface area (Å²) in [5.41, 5.74) is 1.40. The Hall–Kier alpha value is -1.36. The third-order valence-electron chi connectivity index (χ3n) is 1.90. The van der Waals surface area contributed by atoms with Crippen molar-refractivity contribution < 1.29 is 9.90 Å². The minimum Gasteiger partial charge on any atom is -0.481 e. The van der Waals surface area contributed by atoms with Gasteiger partial charge in [-0.25, -0.2) is 4.98 Å². The zero-order valence-electron chi connectivity index (χ0n) is 7.14. The largest absolute Gasteiger partial charge is 0.481 e. The van der Waals surface area contributed by atoms with E-state index >= 15 is 0 Å². The summed E-state index contributed by atoms with van der Waals surface area (Å²) in [4.78, 5) is 14.6. The maximum absolute atomic E-state index is 10.5. The van der Waals surface area contributed by atoms with Crippen LogP contribution in [-0.4, -0.2) is 20.5 Å². The van der Waals surface area contributed by atoms with E-state index in [1.807, 2.05) is 18.3 Å². The molecule has 4 nitrogen and oxygen atoms in total. The quantitative estimate of drug-likeness (QED) is 0.888. The van der Waals surface area contributed by atoms with Gasteiger partial charge in [-0.05, 0) is 12.1 Å². The minimum atomic E-state index is -0.870. The molecule has 2 aromatic heterocycles. The van der Waals surface area contributed by atoms with Crippen LogP contribution < -0.4 is 0 Å². The van der Waals surface area contributed by atoms with Crippen molar-refractivity contribution in [3.63, 3.8) is 0 Å². The van der Waals surface area contributed by atoms with E-state index in [0.29, 0.717) is 5.69 Å². The Balaban J connectivity index is 2.55. The molecule has 0 atom stereocenters. The molecule has 0 bridgehead atoms. The second-order valence-electron chi connectivity index (χ2n) is 2.90. The lowest BCUT2D eigenvalue weighted by molar-refractivity contribution is -0.136. The second kappa shape index (κ2) is 3.42.